The first-order valence-electron chi connectivity index (χ1n) is 5.45. The van der Waals surface area contributed by atoms with Gasteiger partial charge in [0.1, 0.15) is 6.54 Å². The van der Waals surface area contributed by atoms with Gasteiger partial charge in [0.15, 0.2) is 0 Å². The summed E-state index contributed by atoms with van der Waals surface area (Å²) >= 11 is 0. The van der Waals surface area contributed by atoms with Crippen molar-refractivity contribution in [2.45, 2.75) is 46.2 Å². The fraction of sp³-hybridized carbons (Fsp3) is 0.636. The maximum atomic E-state index is 11.6. The van der Waals surface area contributed by atoms with E-state index in [1.54, 1.807) is 4.68 Å². The second-order valence-corrected chi connectivity index (χ2v) is 3.74. The number of amides is 1. The van der Waals surface area contributed by atoms with Gasteiger partial charge < -0.3 is 5.32 Å². The SMILES string of the molecule is CCC(CC)NC(=O)Cn1ccc(C)n1. The van der Waals surface area contributed by atoms with Crippen molar-refractivity contribution in [2.75, 3.05) is 0 Å². The largest absolute Gasteiger partial charge is 0.352 e. The van der Waals surface area contributed by atoms with Crippen molar-refractivity contribution in [1.82, 2.24) is 15.1 Å². The summed E-state index contributed by atoms with van der Waals surface area (Å²) in [4.78, 5) is 11.6. The van der Waals surface area contributed by atoms with Crippen LogP contribution in [0, 0.1) is 6.92 Å². The summed E-state index contributed by atoms with van der Waals surface area (Å²) in [5.74, 6) is 0.0341. The first-order chi connectivity index (χ1) is 7.15. The molecule has 0 saturated carbocycles. The maximum absolute atomic E-state index is 11.6. The molecule has 1 rings (SSSR count). The van der Waals surface area contributed by atoms with Gasteiger partial charge in [-0.3, -0.25) is 9.48 Å². The highest BCUT2D eigenvalue weighted by molar-refractivity contribution is 5.75. The van der Waals surface area contributed by atoms with Crippen molar-refractivity contribution in [3.63, 3.8) is 0 Å². The maximum Gasteiger partial charge on any atom is 0.241 e. The number of rotatable bonds is 5. The van der Waals surface area contributed by atoms with Gasteiger partial charge in [-0.1, -0.05) is 13.8 Å². The molecule has 1 aromatic rings. The summed E-state index contributed by atoms with van der Waals surface area (Å²) in [5, 5.41) is 7.14. The van der Waals surface area contributed by atoms with Crippen molar-refractivity contribution in [3.8, 4) is 0 Å². The van der Waals surface area contributed by atoms with Crippen molar-refractivity contribution in [2.24, 2.45) is 0 Å². The van der Waals surface area contributed by atoms with Crippen LogP contribution in [0.2, 0.25) is 0 Å². The van der Waals surface area contributed by atoms with E-state index in [2.05, 4.69) is 24.3 Å². The number of nitrogens with zero attached hydrogens (tertiary/aromatic N) is 2. The van der Waals surface area contributed by atoms with E-state index in [0.29, 0.717) is 6.54 Å². The third-order valence-electron chi connectivity index (χ3n) is 2.43. The van der Waals surface area contributed by atoms with E-state index in [1.807, 2.05) is 19.2 Å². The summed E-state index contributed by atoms with van der Waals surface area (Å²) in [6, 6.07) is 2.18. The molecule has 0 aliphatic rings. The minimum atomic E-state index is 0.0341. The highest BCUT2D eigenvalue weighted by Gasteiger charge is 2.08. The second kappa shape index (κ2) is 5.53. The lowest BCUT2D eigenvalue weighted by atomic mass is 10.2. The number of carbonyl (C=O) groups is 1. The third kappa shape index (κ3) is 3.73. The van der Waals surface area contributed by atoms with Crippen LogP contribution in [0.15, 0.2) is 12.3 Å². The molecule has 0 aliphatic heterocycles. The smallest absolute Gasteiger partial charge is 0.241 e. The summed E-state index contributed by atoms with van der Waals surface area (Å²) in [6.45, 7) is 6.37. The molecule has 0 unspecified atom stereocenters. The van der Waals surface area contributed by atoms with Gasteiger partial charge in [0.05, 0.1) is 5.69 Å². The first-order valence-corrected chi connectivity index (χ1v) is 5.45. The topological polar surface area (TPSA) is 46.9 Å². The van der Waals surface area contributed by atoms with E-state index in [1.165, 1.54) is 0 Å². The number of hydrogen-bond acceptors (Lipinski definition) is 2. The molecule has 1 heterocycles. The molecule has 0 aliphatic carbocycles. The molecule has 1 N–H and O–H groups in total. The highest BCUT2D eigenvalue weighted by Crippen LogP contribution is 1.97. The van der Waals surface area contributed by atoms with Gasteiger partial charge >= 0.3 is 0 Å². The van der Waals surface area contributed by atoms with E-state index in [4.69, 9.17) is 0 Å². The molecule has 1 aromatic heterocycles. The van der Waals surface area contributed by atoms with Crippen LogP contribution in [0.3, 0.4) is 0 Å². The van der Waals surface area contributed by atoms with Crippen molar-refractivity contribution >= 4 is 5.91 Å². The Balaban J connectivity index is 2.42. The lowest BCUT2D eigenvalue weighted by Crippen LogP contribution is -2.36. The number of aromatic nitrogens is 2. The number of aryl methyl sites for hydroxylation is 1. The van der Waals surface area contributed by atoms with Crippen molar-refractivity contribution in [3.05, 3.63) is 18.0 Å². The van der Waals surface area contributed by atoms with Gasteiger partial charge in [-0.25, -0.2) is 0 Å². The zero-order chi connectivity index (χ0) is 11.3. The molecule has 1 amide bonds. The molecule has 0 fully saturated rings. The molecule has 15 heavy (non-hydrogen) atoms. The van der Waals surface area contributed by atoms with E-state index in [0.717, 1.165) is 18.5 Å². The van der Waals surface area contributed by atoms with E-state index in [-0.39, 0.29) is 11.9 Å². The predicted octanol–water partition coefficient (Wildman–Crippen LogP) is 1.50. The zero-order valence-electron chi connectivity index (χ0n) is 9.66. The summed E-state index contributed by atoms with van der Waals surface area (Å²) in [6.07, 6.45) is 3.77. The lowest BCUT2D eigenvalue weighted by molar-refractivity contribution is -0.122. The van der Waals surface area contributed by atoms with Crippen LogP contribution >= 0.6 is 0 Å². The minimum Gasteiger partial charge on any atom is -0.352 e. The predicted molar refractivity (Wildman–Crippen MR) is 59.5 cm³/mol. The Hall–Kier alpha value is -1.32. The number of nitrogens with one attached hydrogen (secondary N) is 1. The van der Waals surface area contributed by atoms with Gasteiger partial charge in [-0.15, -0.1) is 0 Å². The molecule has 0 aromatic carbocycles. The Morgan fingerprint density at radius 2 is 2.20 bits per heavy atom. The van der Waals surface area contributed by atoms with Gasteiger partial charge in [0.25, 0.3) is 0 Å². The molecule has 0 spiro atoms. The highest BCUT2D eigenvalue weighted by atomic mass is 16.2. The molecular formula is C11H19N3O. The summed E-state index contributed by atoms with van der Waals surface area (Å²) in [7, 11) is 0. The Morgan fingerprint density at radius 1 is 1.53 bits per heavy atom. The van der Waals surface area contributed by atoms with Crippen LogP contribution in [-0.2, 0) is 11.3 Å². The Morgan fingerprint density at radius 3 is 2.67 bits per heavy atom. The second-order valence-electron chi connectivity index (χ2n) is 3.74. The van der Waals surface area contributed by atoms with Crippen molar-refractivity contribution in [1.29, 1.82) is 0 Å². The Kier molecular flexibility index (Phi) is 4.34. The molecule has 0 bridgehead atoms. The molecule has 4 nitrogen and oxygen atoms in total. The number of hydrogen-bond donors (Lipinski definition) is 1. The van der Waals surface area contributed by atoms with Gasteiger partial charge in [-0.2, -0.15) is 5.10 Å². The average molecular weight is 209 g/mol. The quantitative estimate of drug-likeness (QED) is 0.798. The van der Waals surface area contributed by atoms with Gasteiger partial charge in [0, 0.05) is 12.2 Å². The molecule has 0 saturated heterocycles. The van der Waals surface area contributed by atoms with Crippen LogP contribution in [0.25, 0.3) is 0 Å². The van der Waals surface area contributed by atoms with E-state index < -0.39 is 0 Å². The van der Waals surface area contributed by atoms with Gasteiger partial charge in [0.2, 0.25) is 5.91 Å². The van der Waals surface area contributed by atoms with Crippen LogP contribution in [0.5, 0.6) is 0 Å². The fourth-order valence-electron chi connectivity index (χ4n) is 1.46. The standard InChI is InChI=1S/C11H19N3O/c1-4-10(5-2)12-11(15)8-14-7-6-9(3)13-14/h6-7,10H,4-5,8H2,1-3H3,(H,12,15). The first kappa shape index (κ1) is 11.8. The fourth-order valence-corrected chi connectivity index (χ4v) is 1.46. The molecular weight excluding hydrogens is 190 g/mol. The average Bonchev–Trinajstić information content (AvgIpc) is 2.60. The Labute approximate surface area is 90.7 Å². The minimum absolute atomic E-state index is 0.0341. The molecule has 84 valence electrons. The van der Waals surface area contributed by atoms with E-state index >= 15 is 0 Å². The third-order valence-corrected chi connectivity index (χ3v) is 2.43. The monoisotopic (exact) mass is 209 g/mol. The lowest BCUT2D eigenvalue weighted by Gasteiger charge is -2.14. The van der Waals surface area contributed by atoms with E-state index in [9.17, 15) is 4.79 Å². The van der Waals surface area contributed by atoms with Crippen LogP contribution in [-0.4, -0.2) is 21.7 Å². The van der Waals surface area contributed by atoms with Crippen LogP contribution < -0.4 is 5.32 Å². The summed E-state index contributed by atoms with van der Waals surface area (Å²) < 4.78 is 1.66. The number of carbonyl (C=O) groups excluding carboxylic acids is 1. The molecule has 4 heteroatoms. The van der Waals surface area contributed by atoms with Crippen molar-refractivity contribution < 1.29 is 4.79 Å². The molecule has 0 atom stereocenters. The van der Waals surface area contributed by atoms with Crippen LogP contribution in [0.1, 0.15) is 32.4 Å². The Bertz CT molecular complexity index is 315. The zero-order valence-corrected chi connectivity index (χ0v) is 9.66. The summed E-state index contributed by atoms with van der Waals surface area (Å²) in [5.41, 5.74) is 0.935. The molecule has 0 radical (unpaired) electrons. The van der Waals surface area contributed by atoms with Gasteiger partial charge in [-0.05, 0) is 25.8 Å². The normalized spacial score (nSPS) is 10.7. The van der Waals surface area contributed by atoms with Crippen LogP contribution in [0.4, 0.5) is 0 Å².